The molecule has 1 N–H and O–H groups in total. The minimum atomic E-state index is 0.372. The molecule has 0 unspecified atom stereocenters. The van der Waals surface area contributed by atoms with Crippen LogP contribution in [0.3, 0.4) is 0 Å². The maximum atomic E-state index is 4.17. The van der Waals surface area contributed by atoms with Crippen molar-refractivity contribution in [3.63, 3.8) is 0 Å². The van der Waals surface area contributed by atoms with Gasteiger partial charge in [-0.3, -0.25) is 0 Å². The first-order valence-corrected chi connectivity index (χ1v) is 4.91. The highest BCUT2D eigenvalue weighted by Gasteiger charge is 2.01. The summed E-state index contributed by atoms with van der Waals surface area (Å²) < 4.78 is 0. The van der Waals surface area contributed by atoms with Crippen molar-refractivity contribution in [2.24, 2.45) is 16.9 Å². The summed E-state index contributed by atoms with van der Waals surface area (Å²) in [5.41, 5.74) is 3.05. The van der Waals surface area contributed by atoms with E-state index >= 15 is 0 Å². The third-order valence-corrected chi connectivity index (χ3v) is 2.27. The fourth-order valence-corrected chi connectivity index (χ4v) is 1.46. The Kier molecular flexibility index (Phi) is 2.96. The summed E-state index contributed by atoms with van der Waals surface area (Å²) in [6, 6.07) is 0. The molecule has 0 atom stereocenters. The van der Waals surface area contributed by atoms with Crippen LogP contribution in [0.5, 0.6) is 0 Å². The summed E-state index contributed by atoms with van der Waals surface area (Å²) in [6.07, 6.45) is 18.7. The molecule has 0 amide bonds. The van der Waals surface area contributed by atoms with Gasteiger partial charge in [0.1, 0.15) is 0 Å². The molecule has 0 bridgehead atoms. The molecule has 72 valence electrons. The van der Waals surface area contributed by atoms with Crippen molar-refractivity contribution in [1.29, 1.82) is 0 Å². The first kappa shape index (κ1) is 9.00. The van der Waals surface area contributed by atoms with Gasteiger partial charge in [-0.25, -0.2) is 0 Å². The molecule has 0 radical (unpaired) electrons. The van der Waals surface area contributed by atoms with E-state index in [4.69, 9.17) is 0 Å². The zero-order valence-electron chi connectivity index (χ0n) is 8.01. The second-order valence-electron chi connectivity index (χ2n) is 3.42. The highest BCUT2D eigenvalue weighted by molar-refractivity contribution is 5.67. The number of hydrogen-bond acceptors (Lipinski definition) is 2. The van der Waals surface area contributed by atoms with Crippen LogP contribution in [0.25, 0.3) is 0 Å². The van der Waals surface area contributed by atoms with Crippen LogP contribution in [0.2, 0.25) is 0 Å². The van der Waals surface area contributed by atoms with Gasteiger partial charge in [-0.1, -0.05) is 48.6 Å². The molecule has 14 heavy (non-hydrogen) atoms. The summed E-state index contributed by atoms with van der Waals surface area (Å²) in [6.45, 7) is 0.879. The maximum absolute atomic E-state index is 4.17. The summed E-state index contributed by atoms with van der Waals surface area (Å²) in [5.74, 6) is 0.874. The molecular formula is C12H14N2. The lowest BCUT2D eigenvalue weighted by atomic mass is 10.2. The fourth-order valence-electron chi connectivity index (χ4n) is 1.46. The van der Waals surface area contributed by atoms with Crippen LogP contribution >= 0.6 is 0 Å². The largest absolute Gasteiger partial charge is 0.309 e. The lowest BCUT2D eigenvalue weighted by Crippen LogP contribution is -2.14. The van der Waals surface area contributed by atoms with Crippen molar-refractivity contribution < 1.29 is 0 Å². The molecule has 2 aliphatic rings. The molecule has 0 aromatic carbocycles. The normalized spacial score (nSPS) is 20.6. The zero-order valence-corrected chi connectivity index (χ0v) is 8.01. The first-order valence-electron chi connectivity index (χ1n) is 4.91. The quantitative estimate of drug-likeness (QED) is 0.527. The van der Waals surface area contributed by atoms with Gasteiger partial charge in [-0.2, -0.15) is 5.10 Å². The van der Waals surface area contributed by atoms with E-state index in [1.54, 1.807) is 0 Å². The van der Waals surface area contributed by atoms with Gasteiger partial charge in [0.15, 0.2) is 0 Å². The number of hydrogen-bond donors (Lipinski definition) is 1. The Labute approximate surface area is 84.4 Å². The number of allylic oxidation sites excluding steroid dienone is 6. The standard InChI is InChI=1S/C12H14N2/c1-2-6-11(5-1)9-13-14-10-12-7-3-4-8-12/h1-9,11-12,14H,10H2. The molecule has 0 spiro atoms. The van der Waals surface area contributed by atoms with Crippen LogP contribution in [0.1, 0.15) is 0 Å². The smallest absolute Gasteiger partial charge is 0.0427 e. The number of hydrazone groups is 1. The first-order chi connectivity index (χ1) is 6.95. The molecule has 2 aliphatic carbocycles. The summed E-state index contributed by atoms with van der Waals surface area (Å²) in [5, 5.41) is 4.17. The van der Waals surface area contributed by atoms with Crippen molar-refractivity contribution >= 4 is 6.21 Å². The van der Waals surface area contributed by atoms with Gasteiger partial charge in [0.2, 0.25) is 0 Å². The third-order valence-electron chi connectivity index (χ3n) is 2.27. The van der Waals surface area contributed by atoms with Gasteiger partial charge in [0, 0.05) is 24.6 Å². The van der Waals surface area contributed by atoms with Crippen LogP contribution in [-0.2, 0) is 0 Å². The fraction of sp³-hybridized carbons (Fsp3) is 0.250. The van der Waals surface area contributed by atoms with Crippen LogP contribution in [0.4, 0.5) is 0 Å². The van der Waals surface area contributed by atoms with Crippen LogP contribution in [-0.4, -0.2) is 12.8 Å². The Hall–Kier alpha value is -1.57. The van der Waals surface area contributed by atoms with Gasteiger partial charge in [0.25, 0.3) is 0 Å². The number of nitrogens with zero attached hydrogens (tertiary/aromatic N) is 1. The molecule has 2 nitrogen and oxygen atoms in total. The monoisotopic (exact) mass is 186 g/mol. The van der Waals surface area contributed by atoms with E-state index < -0.39 is 0 Å². The van der Waals surface area contributed by atoms with Crippen LogP contribution < -0.4 is 5.43 Å². The average Bonchev–Trinajstić information content (AvgIpc) is 2.86. The van der Waals surface area contributed by atoms with Crippen molar-refractivity contribution in [3.8, 4) is 0 Å². The van der Waals surface area contributed by atoms with Crippen LogP contribution in [0, 0.1) is 11.8 Å². The second kappa shape index (κ2) is 4.61. The predicted octanol–water partition coefficient (Wildman–Crippen LogP) is 2.05. The summed E-state index contributed by atoms with van der Waals surface area (Å²) in [4.78, 5) is 0. The molecule has 0 fully saturated rings. The summed E-state index contributed by atoms with van der Waals surface area (Å²) in [7, 11) is 0. The van der Waals surface area contributed by atoms with Crippen molar-refractivity contribution in [3.05, 3.63) is 48.6 Å². The number of rotatable bonds is 4. The van der Waals surface area contributed by atoms with E-state index in [9.17, 15) is 0 Å². The van der Waals surface area contributed by atoms with Crippen molar-refractivity contribution in [1.82, 2.24) is 5.43 Å². The Morgan fingerprint density at radius 2 is 1.64 bits per heavy atom. The molecule has 0 heterocycles. The van der Waals surface area contributed by atoms with Gasteiger partial charge in [-0.15, -0.1) is 0 Å². The Morgan fingerprint density at radius 3 is 2.36 bits per heavy atom. The van der Waals surface area contributed by atoms with Gasteiger partial charge < -0.3 is 5.43 Å². The van der Waals surface area contributed by atoms with Crippen LogP contribution in [0.15, 0.2) is 53.7 Å². The molecule has 2 rings (SSSR count). The molecule has 0 saturated heterocycles. The van der Waals surface area contributed by atoms with Gasteiger partial charge in [0.05, 0.1) is 0 Å². The van der Waals surface area contributed by atoms with Crippen molar-refractivity contribution in [2.75, 3.05) is 6.54 Å². The SMILES string of the molecule is C1=CC(C=NNCC2C=CC=C2)C=C1. The van der Waals surface area contributed by atoms with E-state index in [0.29, 0.717) is 11.8 Å². The highest BCUT2D eigenvalue weighted by Crippen LogP contribution is 2.07. The molecule has 2 heteroatoms. The van der Waals surface area contributed by atoms with E-state index in [2.05, 4.69) is 47.0 Å². The van der Waals surface area contributed by atoms with Gasteiger partial charge in [-0.05, 0) is 0 Å². The lowest BCUT2D eigenvalue weighted by Gasteiger charge is -2.04. The van der Waals surface area contributed by atoms with E-state index in [1.807, 2.05) is 18.4 Å². The van der Waals surface area contributed by atoms with E-state index in [-0.39, 0.29) is 0 Å². The van der Waals surface area contributed by atoms with Gasteiger partial charge >= 0.3 is 0 Å². The zero-order chi connectivity index (χ0) is 9.64. The second-order valence-corrected chi connectivity index (χ2v) is 3.42. The Bertz CT molecular complexity index is 297. The third kappa shape index (κ3) is 2.46. The summed E-state index contributed by atoms with van der Waals surface area (Å²) >= 11 is 0. The molecule has 0 aromatic heterocycles. The average molecular weight is 186 g/mol. The molecule has 0 aromatic rings. The number of nitrogens with one attached hydrogen (secondary N) is 1. The molecule has 0 aliphatic heterocycles. The minimum Gasteiger partial charge on any atom is -0.309 e. The highest BCUT2D eigenvalue weighted by atomic mass is 15.3. The maximum Gasteiger partial charge on any atom is 0.0427 e. The van der Waals surface area contributed by atoms with Crippen molar-refractivity contribution in [2.45, 2.75) is 0 Å². The molecule has 0 saturated carbocycles. The topological polar surface area (TPSA) is 24.4 Å². The Morgan fingerprint density at radius 1 is 1.00 bits per heavy atom. The Balaban J connectivity index is 1.67. The lowest BCUT2D eigenvalue weighted by molar-refractivity contribution is 0.664. The van der Waals surface area contributed by atoms with E-state index in [0.717, 1.165) is 6.54 Å². The minimum absolute atomic E-state index is 0.372. The predicted molar refractivity (Wildman–Crippen MR) is 60.0 cm³/mol. The molecular weight excluding hydrogens is 172 g/mol. The van der Waals surface area contributed by atoms with E-state index in [1.165, 1.54) is 0 Å².